The van der Waals surface area contributed by atoms with Gasteiger partial charge in [0.2, 0.25) is 0 Å². The molecular weight excluding hydrogens is 180 g/mol. The summed E-state index contributed by atoms with van der Waals surface area (Å²) in [7, 11) is 0. The second-order valence-electron chi connectivity index (χ2n) is 7.33. The molecule has 3 rings (SSSR count). The van der Waals surface area contributed by atoms with E-state index in [1.54, 1.807) is 0 Å². The van der Waals surface area contributed by atoms with E-state index in [1.165, 1.54) is 44.9 Å². The monoisotopic (exact) mass is 204 g/mol. The van der Waals surface area contributed by atoms with Crippen molar-refractivity contribution in [3.05, 3.63) is 11.6 Å². The lowest BCUT2D eigenvalue weighted by Gasteiger charge is -2.50. The van der Waals surface area contributed by atoms with E-state index in [0.29, 0.717) is 16.2 Å². The molecule has 0 aromatic carbocycles. The van der Waals surface area contributed by atoms with Crippen LogP contribution < -0.4 is 0 Å². The Labute approximate surface area is 94.1 Å². The number of hydrogen-bond donors (Lipinski definition) is 0. The fourth-order valence-electron chi connectivity index (χ4n) is 4.84. The maximum Gasteiger partial charge on any atom is -0.00771 e. The number of rotatable bonds is 0. The lowest BCUT2D eigenvalue weighted by Crippen LogP contribution is -2.38. The molecule has 0 aromatic rings. The van der Waals surface area contributed by atoms with Crippen LogP contribution in [0.25, 0.3) is 0 Å². The first-order valence-corrected chi connectivity index (χ1v) is 6.67. The Hall–Kier alpha value is -0.260. The van der Waals surface area contributed by atoms with Crippen LogP contribution in [-0.2, 0) is 0 Å². The van der Waals surface area contributed by atoms with E-state index in [1.807, 2.05) is 5.57 Å². The zero-order chi connectivity index (χ0) is 10.7. The number of fused-ring (bicyclic) bond motifs is 1. The molecule has 0 heteroatoms. The summed E-state index contributed by atoms with van der Waals surface area (Å²) in [6.07, 6.45) is 12.8. The second-order valence-corrected chi connectivity index (χ2v) is 7.33. The summed E-state index contributed by atoms with van der Waals surface area (Å²) in [5, 5.41) is 0. The largest absolute Gasteiger partial charge is 0.0837 e. The third-order valence-electron chi connectivity index (χ3n) is 5.53. The van der Waals surface area contributed by atoms with Crippen LogP contribution in [0.4, 0.5) is 0 Å². The highest BCUT2D eigenvalue weighted by atomic mass is 14.6. The first-order valence-electron chi connectivity index (χ1n) is 6.67. The van der Waals surface area contributed by atoms with Gasteiger partial charge in [0, 0.05) is 0 Å². The Morgan fingerprint density at radius 1 is 1.00 bits per heavy atom. The molecule has 0 radical (unpaired) electrons. The predicted octanol–water partition coefficient (Wildman–Crippen LogP) is 4.70. The minimum atomic E-state index is 0.513. The quantitative estimate of drug-likeness (QED) is 0.502. The highest BCUT2D eigenvalue weighted by molar-refractivity contribution is 5.31. The van der Waals surface area contributed by atoms with Crippen LogP contribution in [0.15, 0.2) is 11.6 Å². The van der Waals surface area contributed by atoms with Gasteiger partial charge in [0.05, 0.1) is 0 Å². The molecule has 2 bridgehead atoms. The normalized spacial score (nSPS) is 47.3. The van der Waals surface area contributed by atoms with Crippen molar-refractivity contribution in [3.63, 3.8) is 0 Å². The molecule has 15 heavy (non-hydrogen) atoms. The van der Waals surface area contributed by atoms with Crippen LogP contribution in [0.3, 0.4) is 0 Å². The zero-order valence-electron chi connectivity index (χ0n) is 10.5. The molecule has 1 unspecified atom stereocenters. The van der Waals surface area contributed by atoms with Crippen LogP contribution in [0.5, 0.6) is 0 Å². The van der Waals surface area contributed by atoms with E-state index in [-0.39, 0.29) is 0 Å². The third-order valence-corrected chi connectivity index (χ3v) is 5.53. The van der Waals surface area contributed by atoms with E-state index in [2.05, 4.69) is 26.8 Å². The highest BCUT2D eigenvalue weighted by Gasteiger charge is 2.54. The van der Waals surface area contributed by atoms with Crippen LogP contribution >= 0.6 is 0 Å². The smallest absolute Gasteiger partial charge is 0.00771 e. The van der Waals surface area contributed by atoms with Gasteiger partial charge >= 0.3 is 0 Å². The van der Waals surface area contributed by atoms with Gasteiger partial charge < -0.3 is 0 Å². The fourth-order valence-corrected chi connectivity index (χ4v) is 4.84. The topological polar surface area (TPSA) is 0 Å². The predicted molar refractivity (Wildman–Crippen MR) is 64.7 cm³/mol. The molecule has 3 aliphatic rings. The van der Waals surface area contributed by atoms with Gasteiger partial charge in [-0.3, -0.25) is 0 Å². The van der Waals surface area contributed by atoms with Crippen LogP contribution in [-0.4, -0.2) is 0 Å². The minimum Gasteiger partial charge on any atom is -0.0837 e. The van der Waals surface area contributed by atoms with Gasteiger partial charge in [0.15, 0.2) is 0 Å². The van der Waals surface area contributed by atoms with E-state index < -0.39 is 0 Å². The summed E-state index contributed by atoms with van der Waals surface area (Å²) in [5.74, 6) is 0. The van der Waals surface area contributed by atoms with Gasteiger partial charge in [-0.05, 0) is 54.8 Å². The molecule has 2 saturated carbocycles. The Bertz CT molecular complexity index is 323. The van der Waals surface area contributed by atoms with Gasteiger partial charge in [-0.25, -0.2) is 0 Å². The highest BCUT2D eigenvalue weighted by Crippen LogP contribution is 2.66. The molecule has 2 fully saturated rings. The van der Waals surface area contributed by atoms with E-state index >= 15 is 0 Å². The summed E-state index contributed by atoms with van der Waals surface area (Å²) in [6.45, 7) is 7.45. The van der Waals surface area contributed by atoms with Gasteiger partial charge in [0.1, 0.15) is 0 Å². The summed E-state index contributed by atoms with van der Waals surface area (Å²) in [5.41, 5.74) is 3.66. The molecule has 0 amide bonds. The van der Waals surface area contributed by atoms with E-state index in [0.717, 1.165) is 0 Å². The van der Waals surface area contributed by atoms with Gasteiger partial charge in [-0.2, -0.15) is 0 Å². The minimum absolute atomic E-state index is 0.513. The summed E-state index contributed by atoms with van der Waals surface area (Å²) in [4.78, 5) is 0. The second kappa shape index (κ2) is 2.70. The van der Waals surface area contributed by atoms with E-state index in [9.17, 15) is 0 Å². The fraction of sp³-hybridized carbons (Fsp3) is 0.867. The van der Waals surface area contributed by atoms with Crippen molar-refractivity contribution in [1.29, 1.82) is 0 Å². The van der Waals surface area contributed by atoms with Crippen LogP contribution in [0.1, 0.15) is 65.7 Å². The molecule has 0 aromatic heterocycles. The Morgan fingerprint density at radius 2 is 1.80 bits per heavy atom. The Balaban J connectivity index is 2.06. The maximum atomic E-state index is 2.63. The third kappa shape index (κ3) is 1.26. The maximum absolute atomic E-state index is 2.63. The molecule has 0 aliphatic heterocycles. The molecule has 0 saturated heterocycles. The lowest BCUT2D eigenvalue weighted by molar-refractivity contribution is 0.0882. The van der Waals surface area contributed by atoms with Crippen molar-refractivity contribution in [3.8, 4) is 0 Å². The summed E-state index contributed by atoms with van der Waals surface area (Å²) < 4.78 is 0. The standard InChI is InChI=1S/C15H24/c1-13(2)9-10-15-7-4-6-14(3,11-15)8-5-12(13)15/h5H,4,6-11H2,1-3H3/t14?,15-/m1/s1. The lowest BCUT2D eigenvalue weighted by atomic mass is 9.55. The first-order chi connectivity index (χ1) is 6.96. The Morgan fingerprint density at radius 3 is 2.60 bits per heavy atom. The molecule has 1 spiro atoms. The van der Waals surface area contributed by atoms with Crippen molar-refractivity contribution >= 4 is 0 Å². The number of allylic oxidation sites excluding steroid dienone is 2. The van der Waals surface area contributed by atoms with Crippen molar-refractivity contribution in [2.75, 3.05) is 0 Å². The van der Waals surface area contributed by atoms with Crippen molar-refractivity contribution in [2.24, 2.45) is 16.2 Å². The summed E-state index contributed by atoms with van der Waals surface area (Å²) in [6, 6.07) is 0. The van der Waals surface area contributed by atoms with Crippen molar-refractivity contribution < 1.29 is 0 Å². The van der Waals surface area contributed by atoms with Gasteiger partial charge in [0.25, 0.3) is 0 Å². The first kappa shape index (κ1) is 9.93. The Kier molecular flexibility index (Phi) is 1.79. The molecule has 0 heterocycles. The zero-order valence-corrected chi connectivity index (χ0v) is 10.5. The van der Waals surface area contributed by atoms with Gasteiger partial charge in [-0.1, -0.05) is 38.8 Å². The average Bonchev–Trinajstić information content (AvgIpc) is 2.36. The molecule has 0 nitrogen and oxygen atoms in total. The van der Waals surface area contributed by atoms with Crippen molar-refractivity contribution in [2.45, 2.75) is 65.7 Å². The molecule has 0 N–H and O–H groups in total. The molecule has 3 aliphatic carbocycles. The molecule has 84 valence electrons. The number of hydrogen-bond acceptors (Lipinski definition) is 0. The van der Waals surface area contributed by atoms with Crippen LogP contribution in [0.2, 0.25) is 0 Å². The van der Waals surface area contributed by atoms with Crippen molar-refractivity contribution in [1.82, 2.24) is 0 Å². The molecular formula is C15H24. The van der Waals surface area contributed by atoms with E-state index in [4.69, 9.17) is 0 Å². The summed E-state index contributed by atoms with van der Waals surface area (Å²) >= 11 is 0. The van der Waals surface area contributed by atoms with Crippen LogP contribution in [0, 0.1) is 16.2 Å². The SMILES string of the molecule is CC12CC=C3C(C)(C)CC[C@]3(CCC1)C2. The average molecular weight is 204 g/mol. The van der Waals surface area contributed by atoms with Gasteiger partial charge in [-0.15, -0.1) is 0 Å². The molecule has 2 atom stereocenters.